The summed E-state index contributed by atoms with van der Waals surface area (Å²) in [5, 5.41) is 9.17. The fourth-order valence-corrected chi connectivity index (χ4v) is 2.81. The van der Waals surface area contributed by atoms with Gasteiger partial charge in [-0.05, 0) is 30.2 Å². The second-order valence-electron chi connectivity index (χ2n) is 4.63. The zero-order chi connectivity index (χ0) is 13.2. The van der Waals surface area contributed by atoms with E-state index in [2.05, 4.69) is 15.6 Å². The molecule has 98 valence electrons. The topological polar surface area (TPSA) is 54.0 Å². The van der Waals surface area contributed by atoms with E-state index < -0.39 is 0 Å². The average molecular weight is 273 g/mol. The van der Waals surface area contributed by atoms with Gasteiger partial charge in [0.2, 0.25) is 0 Å². The molecule has 0 saturated heterocycles. The van der Waals surface area contributed by atoms with E-state index in [0.29, 0.717) is 6.54 Å². The molecule has 0 saturated carbocycles. The highest BCUT2D eigenvalue weighted by atomic mass is 32.1. The van der Waals surface area contributed by atoms with Crippen molar-refractivity contribution in [3.63, 3.8) is 0 Å². The molecule has 1 aliphatic rings. The zero-order valence-electron chi connectivity index (χ0n) is 10.7. The Kier molecular flexibility index (Phi) is 3.31. The van der Waals surface area contributed by atoms with Crippen molar-refractivity contribution in [2.45, 2.75) is 26.6 Å². The molecule has 1 aromatic heterocycles. The highest BCUT2D eigenvalue weighted by molar-refractivity contribution is 7.09. The predicted octanol–water partition coefficient (Wildman–Crippen LogP) is 1.98. The summed E-state index contributed by atoms with van der Waals surface area (Å²) in [5.74, 6) is -0.0413. The number of nitrogens with zero attached hydrogens (tertiary/aromatic N) is 1. The van der Waals surface area contributed by atoms with Gasteiger partial charge < -0.3 is 10.6 Å². The molecule has 0 fully saturated rings. The molecule has 1 amide bonds. The van der Waals surface area contributed by atoms with E-state index in [1.54, 1.807) is 11.3 Å². The summed E-state index contributed by atoms with van der Waals surface area (Å²) < 4.78 is 0. The van der Waals surface area contributed by atoms with Crippen molar-refractivity contribution in [3.05, 3.63) is 51.0 Å². The largest absolute Gasteiger partial charge is 0.346 e. The number of aromatic nitrogens is 1. The fraction of sp³-hybridized carbons (Fsp3) is 0.286. The summed E-state index contributed by atoms with van der Waals surface area (Å²) in [6.45, 7) is 4.19. The number of fused-ring (bicyclic) bond motifs is 1. The van der Waals surface area contributed by atoms with Gasteiger partial charge in [-0.15, -0.1) is 11.3 Å². The maximum Gasteiger partial charge on any atom is 0.251 e. The standard InChI is InChI=1S/C14H15N3OS/c1-9-17-13(8-19-9)7-16-14(18)10-2-3-11-5-15-6-12(11)4-10/h2-4,8,15H,5-7H2,1H3,(H,16,18). The van der Waals surface area contributed by atoms with Crippen molar-refractivity contribution in [2.75, 3.05) is 0 Å². The molecule has 4 nitrogen and oxygen atoms in total. The molecule has 0 atom stereocenters. The van der Waals surface area contributed by atoms with Gasteiger partial charge in [0.15, 0.2) is 0 Å². The molecule has 0 radical (unpaired) electrons. The van der Waals surface area contributed by atoms with Crippen molar-refractivity contribution in [2.24, 2.45) is 0 Å². The van der Waals surface area contributed by atoms with Gasteiger partial charge in [0.05, 0.1) is 17.2 Å². The first-order valence-corrected chi connectivity index (χ1v) is 7.12. The minimum absolute atomic E-state index is 0.0413. The first-order valence-electron chi connectivity index (χ1n) is 6.24. The third-order valence-corrected chi connectivity index (χ3v) is 4.02. The van der Waals surface area contributed by atoms with Gasteiger partial charge >= 0.3 is 0 Å². The highest BCUT2D eigenvalue weighted by Gasteiger charge is 2.13. The first kappa shape index (κ1) is 12.3. The summed E-state index contributed by atoms with van der Waals surface area (Å²) in [5.41, 5.74) is 4.14. The van der Waals surface area contributed by atoms with Crippen LogP contribution >= 0.6 is 11.3 Å². The Morgan fingerprint density at radius 2 is 2.26 bits per heavy atom. The SMILES string of the molecule is Cc1nc(CNC(=O)c2ccc3c(c2)CNC3)cs1. The van der Waals surface area contributed by atoms with E-state index >= 15 is 0 Å². The number of thiazole rings is 1. The van der Waals surface area contributed by atoms with Crippen LogP contribution in [0.1, 0.15) is 32.2 Å². The van der Waals surface area contributed by atoms with Gasteiger partial charge in [-0.2, -0.15) is 0 Å². The summed E-state index contributed by atoms with van der Waals surface area (Å²) in [7, 11) is 0. The van der Waals surface area contributed by atoms with Crippen LogP contribution in [0.3, 0.4) is 0 Å². The molecule has 1 aliphatic heterocycles. The van der Waals surface area contributed by atoms with Crippen LogP contribution in [0.15, 0.2) is 23.6 Å². The number of amides is 1. The molecule has 3 rings (SSSR count). The zero-order valence-corrected chi connectivity index (χ0v) is 11.5. The van der Waals surface area contributed by atoms with E-state index in [9.17, 15) is 4.79 Å². The van der Waals surface area contributed by atoms with Crippen molar-refractivity contribution in [1.82, 2.24) is 15.6 Å². The molecule has 2 aromatic rings. The van der Waals surface area contributed by atoms with E-state index in [0.717, 1.165) is 29.4 Å². The number of carbonyl (C=O) groups is 1. The van der Waals surface area contributed by atoms with Crippen LogP contribution in [0.2, 0.25) is 0 Å². The molecular formula is C14H15N3OS. The first-order chi connectivity index (χ1) is 9.22. The lowest BCUT2D eigenvalue weighted by Crippen LogP contribution is -2.23. The molecule has 19 heavy (non-hydrogen) atoms. The Bertz CT molecular complexity index is 621. The monoisotopic (exact) mass is 273 g/mol. The number of nitrogens with one attached hydrogen (secondary N) is 2. The van der Waals surface area contributed by atoms with Gasteiger partial charge in [0.1, 0.15) is 0 Å². The lowest BCUT2D eigenvalue weighted by Gasteiger charge is -2.05. The van der Waals surface area contributed by atoms with E-state index in [1.807, 2.05) is 30.5 Å². The normalized spacial score (nSPS) is 13.3. The molecule has 0 aliphatic carbocycles. The van der Waals surface area contributed by atoms with Crippen molar-refractivity contribution in [1.29, 1.82) is 0 Å². The number of rotatable bonds is 3. The lowest BCUT2D eigenvalue weighted by molar-refractivity contribution is 0.0950. The summed E-state index contributed by atoms with van der Waals surface area (Å²) in [6, 6.07) is 5.88. The number of benzene rings is 1. The molecular weight excluding hydrogens is 258 g/mol. The molecule has 2 N–H and O–H groups in total. The Morgan fingerprint density at radius 3 is 3.05 bits per heavy atom. The fourth-order valence-electron chi connectivity index (χ4n) is 2.20. The van der Waals surface area contributed by atoms with Crippen LogP contribution in [0.5, 0.6) is 0 Å². The molecule has 0 unspecified atom stereocenters. The molecule has 0 bridgehead atoms. The van der Waals surface area contributed by atoms with Gasteiger partial charge in [-0.25, -0.2) is 4.98 Å². The Hall–Kier alpha value is -1.72. The second kappa shape index (κ2) is 5.11. The highest BCUT2D eigenvalue weighted by Crippen LogP contribution is 2.17. The Balaban J connectivity index is 1.67. The summed E-state index contributed by atoms with van der Waals surface area (Å²) >= 11 is 1.60. The van der Waals surface area contributed by atoms with E-state index in [4.69, 9.17) is 0 Å². The van der Waals surface area contributed by atoms with Gasteiger partial charge in [-0.1, -0.05) is 6.07 Å². The Labute approximate surface area is 115 Å². The van der Waals surface area contributed by atoms with Crippen LogP contribution < -0.4 is 10.6 Å². The smallest absolute Gasteiger partial charge is 0.251 e. The minimum Gasteiger partial charge on any atom is -0.346 e. The third kappa shape index (κ3) is 2.67. The average Bonchev–Trinajstić information content (AvgIpc) is 3.03. The van der Waals surface area contributed by atoms with E-state index in [1.165, 1.54) is 11.1 Å². The minimum atomic E-state index is -0.0413. The van der Waals surface area contributed by atoms with Crippen LogP contribution in [0, 0.1) is 6.92 Å². The van der Waals surface area contributed by atoms with Crippen molar-refractivity contribution < 1.29 is 4.79 Å². The van der Waals surface area contributed by atoms with Crippen LogP contribution in [0.25, 0.3) is 0 Å². The van der Waals surface area contributed by atoms with Crippen molar-refractivity contribution in [3.8, 4) is 0 Å². The van der Waals surface area contributed by atoms with Gasteiger partial charge in [0.25, 0.3) is 5.91 Å². The van der Waals surface area contributed by atoms with Gasteiger partial charge in [-0.3, -0.25) is 4.79 Å². The predicted molar refractivity (Wildman–Crippen MR) is 75.0 cm³/mol. The third-order valence-electron chi connectivity index (χ3n) is 3.20. The number of hydrogen-bond donors (Lipinski definition) is 2. The summed E-state index contributed by atoms with van der Waals surface area (Å²) in [6.07, 6.45) is 0. The second-order valence-corrected chi connectivity index (χ2v) is 5.69. The molecule has 5 heteroatoms. The van der Waals surface area contributed by atoms with Crippen LogP contribution in [-0.2, 0) is 19.6 Å². The lowest BCUT2D eigenvalue weighted by atomic mass is 10.1. The quantitative estimate of drug-likeness (QED) is 0.899. The van der Waals surface area contributed by atoms with Gasteiger partial charge in [0, 0.05) is 24.0 Å². The maximum atomic E-state index is 12.1. The number of hydrogen-bond acceptors (Lipinski definition) is 4. The van der Waals surface area contributed by atoms with Crippen LogP contribution in [-0.4, -0.2) is 10.9 Å². The number of carbonyl (C=O) groups excluding carboxylic acids is 1. The van der Waals surface area contributed by atoms with Crippen molar-refractivity contribution >= 4 is 17.2 Å². The molecule has 1 aromatic carbocycles. The number of aryl methyl sites for hydroxylation is 1. The maximum absolute atomic E-state index is 12.1. The summed E-state index contributed by atoms with van der Waals surface area (Å²) in [4.78, 5) is 16.4. The Morgan fingerprint density at radius 1 is 1.42 bits per heavy atom. The van der Waals surface area contributed by atoms with E-state index in [-0.39, 0.29) is 5.91 Å². The molecule has 2 heterocycles. The molecule has 0 spiro atoms. The van der Waals surface area contributed by atoms with Crippen LogP contribution in [0.4, 0.5) is 0 Å².